The van der Waals surface area contributed by atoms with Gasteiger partial charge in [0.15, 0.2) is 0 Å². The van der Waals surface area contributed by atoms with Crippen molar-refractivity contribution in [2.75, 3.05) is 26.2 Å². The van der Waals surface area contributed by atoms with Crippen molar-refractivity contribution < 1.29 is 27.9 Å². The van der Waals surface area contributed by atoms with Gasteiger partial charge in [-0.3, -0.25) is 19.5 Å². The molecule has 1 saturated carbocycles. The summed E-state index contributed by atoms with van der Waals surface area (Å²) in [7, 11) is 0. The average Bonchev–Trinajstić information content (AvgIpc) is 2.80. The minimum atomic E-state index is -4.54. The molecule has 3 N–H and O–H groups in total. The Kier molecular flexibility index (Phi) is 8.71. The first-order valence-corrected chi connectivity index (χ1v) is 11.9. The lowest BCUT2D eigenvalue weighted by Crippen LogP contribution is -2.63. The zero-order valence-electron chi connectivity index (χ0n) is 20.1. The molecule has 0 aromatic heterocycles. The van der Waals surface area contributed by atoms with Crippen molar-refractivity contribution in [3.05, 3.63) is 47.0 Å². The second kappa shape index (κ2) is 11.3. The molecule has 2 fully saturated rings. The van der Waals surface area contributed by atoms with E-state index in [1.54, 1.807) is 6.21 Å². The molecule has 1 aliphatic carbocycles. The van der Waals surface area contributed by atoms with Crippen molar-refractivity contribution in [2.45, 2.75) is 63.4 Å². The summed E-state index contributed by atoms with van der Waals surface area (Å²) in [5, 5.41) is 16.2. The zero-order valence-corrected chi connectivity index (χ0v) is 20.1. The summed E-state index contributed by atoms with van der Waals surface area (Å²) >= 11 is 0. The molecule has 1 aromatic rings. The highest BCUT2D eigenvalue weighted by atomic mass is 19.4. The summed E-state index contributed by atoms with van der Waals surface area (Å²) in [4.78, 5) is 30.9. The predicted octanol–water partition coefficient (Wildman–Crippen LogP) is 2.95. The van der Waals surface area contributed by atoms with Crippen molar-refractivity contribution in [2.24, 2.45) is 4.99 Å². The third-order valence-corrected chi connectivity index (χ3v) is 6.70. The van der Waals surface area contributed by atoms with Crippen LogP contribution in [0.2, 0.25) is 0 Å². The number of allylic oxidation sites excluding steroid dienone is 1. The normalized spacial score (nSPS) is 24.3. The Bertz CT molecular complexity index is 963. The molecule has 2 amide bonds. The number of halogens is 3. The van der Waals surface area contributed by atoms with E-state index in [0.29, 0.717) is 38.5 Å². The summed E-state index contributed by atoms with van der Waals surface area (Å²) in [6.45, 7) is 5.59. The number of carbonyl (C=O) groups excluding carboxylic acids is 2. The number of aliphatic hydroxyl groups is 1. The fraction of sp³-hybridized carbons (Fsp3) is 0.560. The number of hydrogen-bond donors (Lipinski definition) is 3. The maximum atomic E-state index is 12.8. The summed E-state index contributed by atoms with van der Waals surface area (Å²) in [5.41, 5.74) is -1.05. The van der Waals surface area contributed by atoms with E-state index in [-0.39, 0.29) is 24.1 Å². The van der Waals surface area contributed by atoms with E-state index in [9.17, 15) is 27.9 Å². The molecule has 10 heteroatoms. The highest BCUT2D eigenvalue weighted by molar-refractivity contribution is 5.96. The van der Waals surface area contributed by atoms with Crippen LogP contribution in [0.25, 0.3) is 0 Å². The Morgan fingerprint density at radius 3 is 2.54 bits per heavy atom. The number of alkyl halides is 3. The standard InChI is InChI=1S/C25H33F3N4O3/c1-3-18(13-29-4-2)24(35)10-8-21(9-11-24)32-15-20(16-32)31-22(33)14-30-23(34)17-6-5-7-19(12-17)25(26,27)28/h3,5-7,12-13,20-21,35H,4,8-11,14-16H2,1-2H3,(H,30,34)(H,31,33)/b18-3+,29-13-. The third-order valence-electron chi connectivity index (χ3n) is 6.70. The van der Waals surface area contributed by atoms with Crippen molar-refractivity contribution >= 4 is 18.0 Å². The second-order valence-corrected chi connectivity index (χ2v) is 9.11. The SMILES string of the molecule is C/C=C(\C=N/CC)C1(O)CCC(N2CC(NC(=O)CNC(=O)c3cccc(C(F)(F)F)c3)C2)CC1. The first kappa shape index (κ1) is 26.9. The van der Waals surface area contributed by atoms with Crippen molar-refractivity contribution in [3.63, 3.8) is 0 Å². The summed E-state index contributed by atoms with van der Waals surface area (Å²) in [5.74, 6) is -1.12. The van der Waals surface area contributed by atoms with Crippen LogP contribution < -0.4 is 10.6 Å². The Hall–Kier alpha value is -2.72. The van der Waals surface area contributed by atoms with Crippen LogP contribution in [0.5, 0.6) is 0 Å². The molecule has 1 aliphatic heterocycles. The van der Waals surface area contributed by atoms with Crippen molar-refractivity contribution in [1.82, 2.24) is 15.5 Å². The summed E-state index contributed by atoms with van der Waals surface area (Å²) in [6, 6.07) is 4.37. The van der Waals surface area contributed by atoms with Gasteiger partial charge in [-0.25, -0.2) is 0 Å². The highest BCUT2D eigenvalue weighted by Gasteiger charge is 2.40. The van der Waals surface area contributed by atoms with Crippen LogP contribution in [0.4, 0.5) is 13.2 Å². The zero-order chi connectivity index (χ0) is 25.6. The molecule has 1 saturated heterocycles. The number of hydrogen-bond acceptors (Lipinski definition) is 5. The van der Waals surface area contributed by atoms with Gasteiger partial charge in [0.1, 0.15) is 0 Å². The van der Waals surface area contributed by atoms with Gasteiger partial charge < -0.3 is 15.7 Å². The van der Waals surface area contributed by atoms with Crippen LogP contribution in [0, 0.1) is 0 Å². The largest absolute Gasteiger partial charge is 0.416 e. The molecule has 0 spiro atoms. The van der Waals surface area contributed by atoms with Crippen LogP contribution in [0.1, 0.15) is 55.5 Å². The molecule has 0 radical (unpaired) electrons. The van der Waals surface area contributed by atoms with Crippen LogP contribution >= 0.6 is 0 Å². The monoisotopic (exact) mass is 494 g/mol. The van der Waals surface area contributed by atoms with Crippen LogP contribution in [0.3, 0.4) is 0 Å². The van der Waals surface area contributed by atoms with E-state index < -0.39 is 23.2 Å². The summed E-state index contributed by atoms with van der Waals surface area (Å²) < 4.78 is 38.4. The van der Waals surface area contributed by atoms with E-state index in [4.69, 9.17) is 0 Å². The molecule has 3 rings (SSSR count). The van der Waals surface area contributed by atoms with E-state index in [0.717, 1.165) is 36.6 Å². The molecule has 35 heavy (non-hydrogen) atoms. The maximum Gasteiger partial charge on any atom is 0.416 e. The van der Waals surface area contributed by atoms with Gasteiger partial charge in [-0.2, -0.15) is 13.2 Å². The molecule has 192 valence electrons. The maximum absolute atomic E-state index is 12.8. The van der Waals surface area contributed by atoms with Gasteiger partial charge >= 0.3 is 6.18 Å². The first-order valence-electron chi connectivity index (χ1n) is 11.9. The van der Waals surface area contributed by atoms with Gasteiger partial charge in [0.25, 0.3) is 5.91 Å². The van der Waals surface area contributed by atoms with E-state index in [1.807, 2.05) is 19.9 Å². The average molecular weight is 495 g/mol. The lowest BCUT2D eigenvalue weighted by atomic mass is 9.76. The van der Waals surface area contributed by atoms with Crippen LogP contribution in [-0.2, 0) is 11.0 Å². The summed E-state index contributed by atoms with van der Waals surface area (Å²) in [6.07, 6.45) is 2.15. The number of likely N-dealkylation sites (tertiary alicyclic amines) is 1. The van der Waals surface area contributed by atoms with Gasteiger partial charge in [0, 0.05) is 37.5 Å². The minimum Gasteiger partial charge on any atom is -0.385 e. The van der Waals surface area contributed by atoms with E-state index >= 15 is 0 Å². The minimum absolute atomic E-state index is 0.0449. The lowest BCUT2D eigenvalue weighted by molar-refractivity contribution is -0.137. The molecule has 7 nitrogen and oxygen atoms in total. The highest BCUT2D eigenvalue weighted by Crippen LogP contribution is 2.36. The molecule has 1 aromatic carbocycles. The van der Waals surface area contributed by atoms with Crippen LogP contribution in [0.15, 0.2) is 40.9 Å². The fourth-order valence-corrected chi connectivity index (χ4v) is 4.67. The Labute approximate surface area is 203 Å². The van der Waals surface area contributed by atoms with Crippen LogP contribution in [-0.4, -0.2) is 71.9 Å². The van der Waals surface area contributed by atoms with E-state index in [1.165, 1.54) is 6.07 Å². The quantitative estimate of drug-likeness (QED) is 0.485. The van der Waals surface area contributed by atoms with Gasteiger partial charge in [0.2, 0.25) is 5.91 Å². The third kappa shape index (κ3) is 6.91. The molecule has 1 heterocycles. The number of carbonyl (C=O) groups is 2. The number of rotatable bonds is 8. The van der Waals surface area contributed by atoms with Crippen molar-refractivity contribution in [1.29, 1.82) is 0 Å². The van der Waals surface area contributed by atoms with Gasteiger partial charge in [-0.15, -0.1) is 0 Å². The first-order chi connectivity index (χ1) is 16.6. The fourth-order valence-electron chi connectivity index (χ4n) is 4.67. The number of nitrogens with zero attached hydrogens (tertiary/aromatic N) is 2. The van der Waals surface area contributed by atoms with E-state index in [2.05, 4.69) is 20.5 Å². The smallest absolute Gasteiger partial charge is 0.385 e. The topological polar surface area (TPSA) is 94.0 Å². The second-order valence-electron chi connectivity index (χ2n) is 9.11. The Morgan fingerprint density at radius 2 is 1.94 bits per heavy atom. The van der Waals surface area contributed by atoms with Gasteiger partial charge in [0.05, 0.1) is 23.8 Å². The molecule has 0 unspecified atom stereocenters. The number of aliphatic imine (C=N–C) groups is 1. The molecule has 0 bridgehead atoms. The molecular formula is C25H33F3N4O3. The Morgan fingerprint density at radius 1 is 1.26 bits per heavy atom. The number of amides is 2. The van der Waals surface area contributed by atoms with Crippen molar-refractivity contribution in [3.8, 4) is 0 Å². The molecule has 2 aliphatic rings. The Balaban J connectivity index is 1.39. The lowest BCUT2D eigenvalue weighted by Gasteiger charge is -2.48. The number of nitrogens with one attached hydrogen (secondary N) is 2. The predicted molar refractivity (Wildman–Crippen MR) is 127 cm³/mol. The van der Waals surface area contributed by atoms with Gasteiger partial charge in [-0.1, -0.05) is 12.1 Å². The number of benzene rings is 1. The molecular weight excluding hydrogens is 461 g/mol. The van der Waals surface area contributed by atoms with Gasteiger partial charge in [-0.05, 0) is 63.3 Å². The molecule has 0 atom stereocenters.